The SMILES string of the molecule is CC(=O)NCCNc1cc(F)c(Br)cc1N. The van der Waals surface area contributed by atoms with Crippen LogP contribution < -0.4 is 16.4 Å². The first-order valence-corrected chi connectivity index (χ1v) is 5.53. The van der Waals surface area contributed by atoms with Crippen LogP contribution >= 0.6 is 15.9 Å². The van der Waals surface area contributed by atoms with Crippen molar-refractivity contribution in [3.8, 4) is 0 Å². The predicted molar refractivity (Wildman–Crippen MR) is 65.7 cm³/mol. The summed E-state index contributed by atoms with van der Waals surface area (Å²) in [5, 5.41) is 5.55. The molecule has 0 heterocycles. The Morgan fingerprint density at radius 1 is 1.50 bits per heavy atom. The van der Waals surface area contributed by atoms with E-state index in [1.54, 1.807) is 0 Å². The number of amides is 1. The van der Waals surface area contributed by atoms with E-state index in [2.05, 4.69) is 26.6 Å². The van der Waals surface area contributed by atoms with Crippen LogP contribution in [0.2, 0.25) is 0 Å². The minimum atomic E-state index is -0.378. The molecular weight excluding hydrogens is 277 g/mol. The molecule has 4 N–H and O–H groups in total. The summed E-state index contributed by atoms with van der Waals surface area (Å²) in [6, 6.07) is 2.81. The van der Waals surface area contributed by atoms with Crippen molar-refractivity contribution in [3.05, 3.63) is 22.4 Å². The van der Waals surface area contributed by atoms with Gasteiger partial charge in [-0.1, -0.05) is 0 Å². The molecule has 0 saturated carbocycles. The maximum absolute atomic E-state index is 13.2. The molecule has 0 saturated heterocycles. The largest absolute Gasteiger partial charge is 0.397 e. The molecule has 0 radical (unpaired) electrons. The molecule has 1 aromatic carbocycles. The fraction of sp³-hybridized carbons (Fsp3) is 0.300. The van der Waals surface area contributed by atoms with Gasteiger partial charge in [-0.05, 0) is 22.0 Å². The topological polar surface area (TPSA) is 67.2 Å². The van der Waals surface area contributed by atoms with Crippen LogP contribution in [-0.4, -0.2) is 19.0 Å². The Bertz CT molecular complexity index is 398. The molecule has 0 spiro atoms. The summed E-state index contributed by atoms with van der Waals surface area (Å²) < 4.78 is 13.5. The first kappa shape index (κ1) is 12.8. The Balaban J connectivity index is 2.54. The molecule has 88 valence electrons. The zero-order valence-electron chi connectivity index (χ0n) is 8.81. The highest BCUT2D eigenvalue weighted by molar-refractivity contribution is 9.10. The van der Waals surface area contributed by atoms with Crippen molar-refractivity contribution < 1.29 is 9.18 Å². The summed E-state index contributed by atoms with van der Waals surface area (Å²) in [6.07, 6.45) is 0. The van der Waals surface area contributed by atoms with E-state index in [1.165, 1.54) is 19.1 Å². The quantitative estimate of drug-likeness (QED) is 0.584. The van der Waals surface area contributed by atoms with Gasteiger partial charge in [-0.2, -0.15) is 0 Å². The zero-order chi connectivity index (χ0) is 12.1. The molecule has 1 rings (SSSR count). The maximum Gasteiger partial charge on any atom is 0.216 e. The van der Waals surface area contributed by atoms with Crippen LogP contribution in [0.4, 0.5) is 15.8 Å². The molecule has 0 unspecified atom stereocenters. The molecule has 16 heavy (non-hydrogen) atoms. The summed E-state index contributed by atoms with van der Waals surface area (Å²) in [5.41, 5.74) is 6.66. The van der Waals surface area contributed by atoms with Crippen molar-refractivity contribution in [2.45, 2.75) is 6.92 Å². The molecular formula is C10H13BrFN3O. The van der Waals surface area contributed by atoms with E-state index in [1.807, 2.05) is 0 Å². The highest BCUT2D eigenvalue weighted by Crippen LogP contribution is 2.26. The minimum Gasteiger partial charge on any atom is -0.397 e. The van der Waals surface area contributed by atoms with Crippen LogP contribution in [0.3, 0.4) is 0 Å². The molecule has 0 aliphatic rings. The number of benzene rings is 1. The fourth-order valence-electron chi connectivity index (χ4n) is 1.15. The van der Waals surface area contributed by atoms with Gasteiger partial charge in [0.05, 0.1) is 15.8 Å². The number of anilines is 2. The lowest BCUT2D eigenvalue weighted by molar-refractivity contribution is -0.118. The van der Waals surface area contributed by atoms with Crippen LogP contribution in [0.5, 0.6) is 0 Å². The van der Waals surface area contributed by atoms with Gasteiger partial charge in [0.15, 0.2) is 0 Å². The van der Waals surface area contributed by atoms with Crippen molar-refractivity contribution in [2.24, 2.45) is 0 Å². The second-order valence-corrected chi connectivity index (χ2v) is 4.12. The van der Waals surface area contributed by atoms with Gasteiger partial charge in [0.25, 0.3) is 0 Å². The van der Waals surface area contributed by atoms with Gasteiger partial charge in [-0.25, -0.2) is 4.39 Å². The molecule has 1 amide bonds. The summed E-state index contributed by atoms with van der Waals surface area (Å²) in [7, 11) is 0. The van der Waals surface area contributed by atoms with Gasteiger partial charge in [-0.15, -0.1) is 0 Å². The van der Waals surface area contributed by atoms with Crippen molar-refractivity contribution in [1.29, 1.82) is 0 Å². The molecule has 0 aliphatic carbocycles. The molecule has 1 aromatic rings. The Morgan fingerprint density at radius 2 is 2.19 bits per heavy atom. The van der Waals surface area contributed by atoms with E-state index in [0.717, 1.165) is 0 Å². The lowest BCUT2D eigenvalue weighted by atomic mass is 10.2. The lowest BCUT2D eigenvalue weighted by Crippen LogP contribution is -2.26. The number of nitrogens with two attached hydrogens (primary N) is 1. The minimum absolute atomic E-state index is 0.100. The summed E-state index contributed by atoms with van der Waals surface area (Å²) in [5.74, 6) is -0.479. The average Bonchev–Trinajstić information content (AvgIpc) is 2.19. The van der Waals surface area contributed by atoms with E-state index in [0.29, 0.717) is 28.9 Å². The van der Waals surface area contributed by atoms with E-state index in [9.17, 15) is 9.18 Å². The third-order valence-electron chi connectivity index (χ3n) is 1.91. The number of hydrogen-bond acceptors (Lipinski definition) is 3. The van der Waals surface area contributed by atoms with Crippen LogP contribution in [0.15, 0.2) is 16.6 Å². The van der Waals surface area contributed by atoms with E-state index in [4.69, 9.17) is 5.73 Å². The number of halogens is 2. The second-order valence-electron chi connectivity index (χ2n) is 3.26. The number of rotatable bonds is 4. The predicted octanol–water partition coefficient (Wildman–Crippen LogP) is 1.72. The van der Waals surface area contributed by atoms with Gasteiger partial charge in [0, 0.05) is 26.1 Å². The number of nitrogens with one attached hydrogen (secondary N) is 2. The van der Waals surface area contributed by atoms with E-state index >= 15 is 0 Å². The summed E-state index contributed by atoms with van der Waals surface area (Å²) in [4.78, 5) is 10.6. The number of hydrogen-bond donors (Lipinski definition) is 3. The number of carbonyl (C=O) groups is 1. The van der Waals surface area contributed by atoms with Crippen molar-refractivity contribution in [1.82, 2.24) is 5.32 Å². The van der Waals surface area contributed by atoms with E-state index < -0.39 is 0 Å². The molecule has 0 fully saturated rings. The maximum atomic E-state index is 13.2. The average molecular weight is 290 g/mol. The molecule has 0 aromatic heterocycles. The first-order valence-electron chi connectivity index (χ1n) is 4.73. The van der Waals surface area contributed by atoms with Gasteiger partial charge >= 0.3 is 0 Å². The monoisotopic (exact) mass is 289 g/mol. The molecule has 0 bridgehead atoms. The lowest BCUT2D eigenvalue weighted by Gasteiger charge is -2.10. The third kappa shape index (κ3) is 3.69. The normalized spacial score (nSPS) is 9.94. The van der Waals surface area contributed by atoms with Crippen LogP contribution in [-0.2, 0) is 4.79 Å². The second kappa shape index (κ2) is 5.69. The Labute approximate surface area is 102 Å². The Kier molecular flexibility index (Phi) is 4.54. The molecule has 0 atom stereocenters. The number of carbonyl (C=O) groups excluding carboxylic acids is 1. The van der Waals surface area contributed by atoms with Gasteiger partial charge in [0.1, 0.15) is 5.82 Å². The first-order chi connectivity index (χ1) is 7.50. The smallest absolute Gasteiger partial charge is 0.216 e. The van der Waals surface area contributed by atoms with Gasteiger partial charge in [-0.3, -0.25) is 4.79 Å². The van der Waals surface area contributed by atoms with Crippen molar-refractivity contribution in [2.75, 3.05) is 24.1 Å². The fourth-order valence-corrected chi connectivity index (χ4v) is 1.51. The highest BCUT2D eigenvalue weighted by atomic mass is 79.9. The zero-order valence-corrected chi connectivity index (χ0v) is 10.4. The van der Waals surface area contributed by atoms with Crippen LogP contribution in [0.1, 0.15) is 6.92 Å². The van der Waals surface area contributed by atoms with Crippen LogP contribution in [0.25, 0.3) is 0 Å². The highest BCUT2D eigenvalue weighted by Gasteiger charge is 2.05. The molecule has 6 heteroatoms. The van der Waals surface area contributed by atoms with Crippen molar-refractivity contribution in [3.63, 3.8) is 0 Å². The summed E-state index contributed by atoms with van der Waals surface area (Å²) in [6.45, 7) is 2.39. The third-order valence-corrected chi connectivity index (χ3v) is 2.51. The summed E-state index contributed by atoms with van der Waals surface area (Å²) >= 11 is 3.04. The Hall–Kier alpha value is -1.30. The number of nitrogen functional groups attached to an aromatic ring is 1. The standard InChI is InChI=1S/C10H13BrFN3O/c1-6(16)14-2-3-15-10-5-8(12)7(11)4-9(10)13/h4-5,15H,2-3,13H2,1H3,(H,14,16). The Morgan fingerprint density at radius 3 is 2.81 bits per heavy atom. The molecule has 4 nitrogen and oxygen atoms in total. The van der Waals surface area contributed by atoms with Gasteiger partial charge < -0.3 is 16.4 Å². The van der Waals surface area contributed by atoms with Crippen molar-refractivity contribution >= 4 is 33.2 Å². The van der Waals surface area contributed by atoms with Gasteiger partial charge in [0.2, 0.25) is 5.91 Å². The molecule has 0 aliphatic heterocycles. The van der Waals surface area contributed by atoms with Crippen LogP contribution in [0, 0.1) is 5.82 Å². The van der Waals surface area contributed by atoms with E-state index in [-0.39, 0.29) is 11.7 Å².